The van der Waals surface area contributed by atoms with Gasteiger partial charge in [-0.1, -0.05) is 0 Å². The average Bonchev–Trinajstić information content (AvgIpc) is 2.77. The number of benzene rings is 1. The molecule has 1 heterocycles. The van der Waals surface area contributed by atoms with Gasteiger partial charge in [-0.3, -0.25) is 4.99 Å². The number of anilines is 1. The lowest BCUT2D eigenvalue weighted by atomic mass is 9.79. The Labute approximate surface area is 118 Å². The van der Waals surface area contributed by atoms with Crippen LogP contribution in [-0.4, -0.2) is 31.3 Å². The zero-order valence-corrected chi connectivity index (χ0v) is 11.7. The van der Waals surface area contributed by atoms with Crippen molar-refractivity contribution in [3.63, 3.8) is 0 Å². The first-order chi connectivity index (χ1) is 9.64. The molecule has 0 radical (unpaired) electrons. The Kier molecular flexibility index (Phi) is 3.38. The molecule has 1 aromatic carbocycles. The molecule has 1 aliphatic heterocycles. The monoisotopic (exact) mass is 277 g/mol. The lowest BCUT2D eigenvalue weighted by Crippen LogP contribution is -2.55. The Morgan fingerprint density at radius 3 is 2.85 bits per heavy atom. The Bertz CT molecular complexity index is 516. The zero-order chi connectivity index (χ0) is 14.2. The first kappa shape index (κ1) is 13.4. The number of nitrogens with zero attached hydrogens (tertiary/aromatic N) is 2. The number of halogens is 1. The molecule has 3 rings (SSSR count). The van der Waals surface area contributed by atoms with Gasteiger partial charge in [-0.05, 0) is 49.9 Å². The van der Waals surface area contributed by atoms with Gasteiger partial charge in [0, 0.05) is 12.8 Å². The highest BCUT2D eigenvalue weighted by molar-refractivity contribution is 5.98. The van der Waals surface area contributed by atoms with Gasteiger partial charge in [-0.25, -0.2) is 4.39 Å². The SMILES string of the molecule is COC1CCCC2(CN=C(N)N2c2ccc(F)cc2)C1. The summed E-state index contributed by atoms with van der Waals surface area (Å²) in [6, 6.07) is 6.46. The molecule has 1 aromatic rings. The van der Waals surface area contributed by atoms with E-state index < -0.39 is 0 Å². The molecule has 1 aliphatic carbocycles. The minimum atomic E-state index is -0.240. The fourth-order valence-corrected chi connectivity index (χ4v) is 3.44. The summed E-state index contributed by atoms with van der Waals surface area (Å²) in [6.07, 6.45) is 4.36. The van der Waals surface area contributed by atoms with Gasteiger partial charge >= 0.3 is 0 Å². The minimum Gasteiger partial charge on any atom is -0.381 e. The molecule has 0 amide bonds. The van der Waals surface area contributed by atoms with Crippen molar-refractivity contribution in [2.45, 2.75) is 37.3 Å². The van der Waals surface area contributed by atoms with Gasteiger partial charge in [0.05, 0.1) is 18.2 Å². The quantitative estimate of drug-likeness (QED) is 0.902. The zero-order valence-electron chi connectivity index (χ0n) is 11.7. The molecule has 108 valence electrons. The molecule has 2 aliphatic rings. The average molecular weight is 277 g/mol. The molecule has 20 heavy (non-hydrogen) atoms. The van der Waals surface area contributed by atoms with Crippen LogP contribution in [0.1, 0.15) is 25.7 Å². The summed E-state index contributed by atoms with van der Waals surface area (Å²) in [7, 11) is 1.76. The summed E-state index contributed by atoms with van der Waals surface area (Å²) in [5, 5.41) is 0. The highest BCUT2D eigenvalue weighted by atomic mass is 19.1. The predicted molar refractivity (Wildman–Crippen MR) is 77.4 cm³/mol. The number of guanidine groups is 1. The highest BCUT2D eigenvalue weighted by Gasteiger charge is 2.46. The molecule has 4 nitrogen and oxygen atoms in total. The van der Waals surface area contributed by atoms with E-state index >= 15 is 0 Å². The second-order valence-electron chi connectivity index (χ2n) is 5.66. The molecule has 1 spiro atoms. The summed E-state index contributed by atoms with van der Waals surface area (Å²) in [5.41, 5.74) is 6.88. The van der Waals surface area contributed by atoms with Crippen LogP contribution < -0.4 is 10.6 Å². The molecule has 0 saturated heterocycles. The van der Waals surface area contributed by atoms with Crippen LogP contribution in [0, 0.1) is 5.82 Å². The second kappa shape index (κ2) is 5.05. The molecule has 2 atom stereocenters. The standard InChI is InChI=1S/C15H20FN3O/c1-20-13-3-2-8-15(9-13)10-18-14(17)19(15)12-6-4-11(16)5-7-12/h4-7,13H,2-3,8-10H2,1H3,(H2,17,18). The van der Waals surface area contributed by atoms with Crippen molar-refractivity contribution in [2.75, 3.05) is 18.6 Å². The normalized spacial score (nSPS) is 29.8. The van der Waals surface area contributed by atoms with Crippen LogP contribution in [0.3, 0.4) is 0 Å². The van der Waals surface area contributed by atoms with Gasteiger partial charge in [0.1, 0.15) is 5.82 Å². The fraction of sp³-hybridized carbons (Fsp3) is 0.533. The van der Waals surface area contributed by atoms with Gasteiger partial charge < -0.3 is 15.4 Å². The van der Waals surface area contributed by atoms with Crippen molar-refractivity contribution in [2.24, 2.45) is 10.7 Å². The van der Waals surface area contributed by atoms with E-state index in [1.54, 1.807) is 19.2 Å². The molecule has 1 saturated carbocycles. The third-order valence-electron chi connectivity index (χ3n) is 4.43. The molecular weight excluding hydrogens is 257 g/mol. The number of ether oxygens (including phenoxy) is 1. The van der Waals surface area contributed by atoms with E-state index in [-0.39, 0.29) is 17.5 Å². The van der Waals surface area contributed by atoms with Crippen LogP contribution in [-0.2, 0) is 4.74 Å². The number of methoxy groups -OCH3 is 1. The number of aliphatic imine (C=N–C) groups is 1. The summed E-state index contributed by atoms with van der Waals surface area (Å²) in [4.78, 5) is 6.50. The van der Waals surface area contributed by atoms with Crippen molar-refractivity contribution >= 4 is 11.6 Å². The van der Waals surface area contributed by atoms with Crippen molar-refractivity contribution in [1.82, 2.24) is 0 Å². The molecule has 5 heteroatoms. The van der Waals surface area contributed by atoms with E-state index in [2.05, 4.69) is 9.89 Å². The maximum absolute atomic E-state index is 13.1. The molecule has 0 bridgehead atoms. The minimum absolute atomic E-state index is 0.110. The third-order valence-corrected chi connectivity index (χ3v) is 4.43. The Hall–Kier alpha value is -1.62. The largest absolute Gasteiger partial charge is 0.381 e. The van der Waals surface area contributed by atoms with Crippen LogP contribution in [0.4, 0.5) is 10.1 Å². The molecular formula is C15H20FN3O. The van der Waals surface area contributed by atoms with Crippen molar-refractivity contribution in [3.8, 4) is 0 Å². The van der Waals surface area contributed by atoms with Crippen LogP contribution in [0.5, 0.6) is 0 Å². The number of hydrogen-bond donors (Lipinski definition) is 1. The van der Waals surface area contributed by atoms with Gasteiger partial charge in [-0.2, -0.15) is 0 Å². The van der Waals surface area contributed by atoms with E-state index in [4.69, 9.17) is 10.5 Å². The van der Waals surface area contributed by atoms with E-state index in [0.717, 1.165) is 31.4 Å². The lowest BCUT2D eigenvalue weighted by molar-refractivity contribution is 0.0459. The number of nitrogens with two attached hydrogens (primary N) is 1. The van der Waals surface area contributed by atoms with Crippen molar-refractivity contribution in [3.05, 3.63) is 30.1 Å². The van der Waals surface area contributed by atoms with E-state index in [1.165, 1.54) is 12.1 Å². The van der Waals surface area contributed by atoms with Gasteiger partial charge in [0.25, 0.3) is 0 Å². The Morgan fingerprint density at radius 2 is 2.15 bits per heavy atom. The van der Waals surface area contributed by atoms with Gasteiger partial charge in [-0.15, -0.1) is 0 Å². The third kappa shape index (κ3) is 2.16. The summed E-state index contributed by atoms with van der Waals surface area (Å²) in [6.45, 7) is 0.691. The smallest absolute Gasteiger partial charge is 0.196 e. The van der Waals surface area contributed by atoms with Crippen LogP contribution in [0.25, 0.3) is 0 Å². The second-order valence-corrected chi connectivity index (χ2v) is 5.66. The first-order valence-electron chi connectivity index (χ1n) is 7.03. The maximum atomic E-state index is 13.1. The summed E-state index contributed by atoms with van der Waals surface area (Å²) < 4.78 is 18.7. The molecule has 2 unspecified atom stereocenters. The van der Waals surface area contributed by atoms with Crippen LogP contribution in [0.2, 0.25) is 0 Å². The van der Waals surface area contributed by atoms with Crippen LogP contribution in [0.15, 0.2) is 29.3 Å². The summed E-state index contributed by atoms with van der Waals surface area (Å²) >= 11 is 0. The highest BCUT2D eigenvalue weighted by Crippen LogP contribution is 2.40. The van der Waals surface area contributed by atoms with Crippen molar-refractivity contribution in [1.29, 1.82) is 0 Å². The Balaban J connectivity index is 1.93. The van der Waals surface area contributed by atoms with Crippen LogP contribution >= 0.6 is 0 Å². The number of rotatable bonds is 2. The van der Waals surface area contributed by atoms with E-state index in [1.807, 2.05) is 0 Å². The summed E-state index contributed by atoms with van der Waals surface area (Å²) in [5.74, 6) is 0.282. The predicted octanol–water partition coefficient (Wildman–Crippen LogP) is 2.29. The Morgan fingerprint density at radius 1 is 1.40 bits per heavy atom. The lowest BCUT2D eigenvalue weighted by Gasteiger charge is -2.44. The fourth-order valence-electron chi connectivity index (χ4n) is 3.44. The van der Waals surface area contributed by atoms with E-state index in [9.17, 15) is 4.39 Å². The molecule has 0 aromatic heterocycles. The molecule has 1 fully saturated rings. The van der Waals surface area contributed by atoms with Gasteiger partial charge in [0.15, 0.2) is 5.96 Å². The number of hydrogen-bond acceptors (Lipinski definition) is 4. The first-order valence-corrected chi connectivity index (χ1v) is 7.03. The topological polar surface area (TPSA) is 50.9 Å². The maximum Gasteiger partial charge on any atom is 0.196 e. The van der Waals surface area contributed by atoms with Crippen molar-refractivity contribution < 1.29 is 9.13 Å². The molecule has 2 N–H and O–H groups in total. The van der Waals surface area contributed by atoms with E-state index in [0.29, 0.717) is 12.5 Å². The van der Waals surface area contributed by atoms with Gasteiger partial charge in [0.2, 0.25) is 0 Å².